The number of unbranched alkanes of at least 4 members (excludes halogenated alkanes) is 1. The number of ether oxygens (including phenoxy) is 1. The number of hydrogen-bond donors (Lipinski definition) is 2. The molecule has 2 N–H and O–H groups in total. The molecule has 1 fully saturated rings. The van der Waals surface area contributed by atoms with Crippen LogP contribution in [-0.2, 0) is 4.74 Å². The van der Waals surface area contributed by atoms with Crippen molar-refractivity contribution in [2.45, 2.75) is 32.6 Å². The van der Waals surface area contributed by atoms with Gasteiger partial charge in [0, 0.05) is 31.7 Å². The van der Waals surface area contributed by atoms with E-state index in [1.54, 1.807) is 0 Å². The number of hydrogen-bond acceptors (Lipinski definition) is 4. The molecule has 1 saturated heterocycles. The molecule has 4 heteroatoms. The standard InChI is InChI=1S/C13H27NO3/c1-2-3-6-14(7-8-15)11-13(12-16)4-9-17-10-5-13/h15-16H,2-12H2,1H3. The van der Waals surface area contributed by atoms with Crippen LogP contribution in [0.2, 0.25) is 0 Å². The molecular formula is C13H27NO3. The summed E-state index contributed by atoms with van der Waals surface area (Å²) in [6, 6.07) is 0. The normalized spacial score (nSPS) is 19.8. The molecule has 0 unspecified atom stereocenters. The van der Waals surface area contributed by atoms with Crippen molar-refractivity contribution in [1.82, 2.24) is 4.90 Å². The minimum atomic E-state index is -0.0127. The topological polar surface area (TPSA) is 52.9 Å². The summed E-state index contributed by atoms with van der Waals surface area (Å²) in [7, 11) is 0. The lowest BCUT2D eigenvalue weighted by Crippen LogP contribution is -2.45. The van der Waals surface area contributed by atoms with Gasteiger partial charge in [-0.2, -0.15) is 0 Å². The van der Waals surface area contributed by atoms with Crippen molar-refractivity contribution in [3.63, 3.8) is 0 Å². The van der Waals surface area contributed by atoms with Crippen LogP contribution in [0.3, 0.4) is 0 Å². The second-order valence-electron chi connectivity index (χ2n) is 5.12. The summed E-state index contributed by atoms with van der Waals surface area (Å²) < 4.78 is 5.37. The Morgan fingerprint density at radius 3 is 2.41 bits per heavy atom. The van der Waals surface area contributed by atoms with Gasteiger partial charge in [-0.15, -0.1) is 0 Å². The van der Waals surface area contributed by atoms with Crippen LogP contribution in [0.15, 0.2) is 0 Å². The van der Waals surface area contributed by atoms with Crippen molar-refractivity contribution in [3.8, 4) is 0 Å². The lowest BCUT2D eigenvalue weighted by Gasteiger charge is -2.39. The van der Waals surface area contributed by atoms with Crippen LogP contribution in [0.25, 0.3) is 0 Å². The van der Waals surface area contributed by atoms with Gasteiger partial charge in [0.1, 0.15) is 0 Å². The monoisotopic (exact) mass is 245 g/mol. The Bertz CT molecular complexity index is 193. The molecule has 17 heavy (non-hydrogen) atoms. The highest BCUT2D eigenvalue weighted by Crippen LogP contribution is 2.31. The van der Waals surface area contributed by atoms with Crippen LogP contribution >= 0.6 is 0 Å². The van der Waals surface area contributed by atoms with E-state index >= 15 is 0 Å². The van der Waals surface area contributed by atoms with Gasteiger partial charge >= 0.3 is 0 Å². The van der Waals surface area contributed by atoms with E-state index in [2.05, 4.69) is 11.8 Å². The quantitative estimate of drug-likeness (QED) is 0.666. The zero-order valence-corrected chi connectivity index (χ0v) is 11.0. The summed E-state index contributed by atoms with van der Waals surface area (Å²) in [5.41, 5.74) is -0.0127. The summed E-state index contributed by atoms with van der Waals surface area (Å²) in [4.78, 5) is 2.28. The minimum Gasteiger partial charge on any atom is -0.396 e. The molecule has 1 rings (SSSR count). The van der Waals surface area contributed by atoms with E-state index < -0.39 is 0 Å². The van der Waals surface area contributed by atoms with E-state index in [0.29, 0.717) is 6.54 Å². The molecule has 0 bridgehead atoms. The Morgan fingerprint density at radius 2 is 1.88 bits per heavy atom. The van der Waals surface area contributed by atoms with Crippen molar-refractivity contribution in [2.24, 2.45) is 5.41 Å². The SMILES string of the molecule is CCCCN(CCO)CC1(CO)CCOCC1. The zero-order valence-electron chi connectivity index (χ0n) is 11.0. The van der Waals surface area contributed by atoms with E-state index in [1.165, 1.54) is 0 Å². The van der Waals surface area contributed by atoms with Crippen LogP contribution in [0.1, 0.15) is 32.6 Å². The maximum atomic E-state index is 9.64. The number of aliphatic hydroxyl groups is 2. The first-order valence-corrected chi connectivity index (χ1v) is 6.78. The Balaban J connectivity index is 2.48. The summed E-state index contributed by atoms with van der Waals surface area (Å²) >= 11 is 0. The third-order valence-electron chi connectivity index (χ3n) is 3.69. The van der Waals surface area contributed by atoms with Gasteiger partial charge in [-0.1, -0.05) is 13.3 Å². The summed E-state index contributed by atoms with van der Waals surface area (Å²) in [5, 5.41) is 18.7. The second-order valence-corrected chi connectivity index (χ2v) is 5.12. The third kappa shape index (κ3) is 4.92. The van der Waals surface area contributed by atoms with Crippen molar-refractivity contribution >= 4 is 0 Å². The van der Waals surface area contributed by atoms with Gasteiger partial charge in [0.05, 0.1) is 13.2 Å². The number of rotatable bonds is 8. The molecule has 0 saturated carbocycles. The van der Waals surface area contributed by atoms with E-state index in [1.807, 2.05) is 0 Å². The molecule has 0 aromatic carbocycles. The molecule has 0 spiro atoms. The summed E-state index contributed by atoms with van der Waals surface area (Å²) in [6.45, 7) is 6.71. The molecule has 0 radical (unpaired) electrons. The van der Waals surface area contributed by atoms with E-state index in [-0.39, 0.29) is 18.6 Å². The zero-order chi connectivity index (χ0) is 12.6. The molecule has 0 amide bonds. The first kappa shape index (κ1) is 14.9. The highest BCUT2D eigenvalue weighted by molar-refractivity contribution is 4.84. The molecule has 102 valence electrons. The number of aliphatic hydroxyl groups excluding tert-OH is 2. The first-order chi connectivity index (χ1) is 8.26. The largest absolute Gasteiger partial charge is 0.396 e. The van der Waals surface area contributed by atoms with Gasteiger partial charge < -0.3 is 19.8 Å². The average Bonchev–Trinajstić information content (AvgIpc) is 2.37. The molecule has 4 nitrogen and oxygen atoms in total. The fourth-order valence-corrected chi connectivity index (χ4v) is 2.44. The van der Waals surface area contributed by atoms with Gasteiger partial charge in [0.2, 0.25) is 0 Å². The lowest BCUT2D eigenvalue weighted by molar-refractivity contribution is -0.0360. The molecule has 1 heterocycles. The Morgan fingerprint density at radius 1 is 1.18 bits per heavy atom. The molecule has 1 aliphatic rings. The predicted molar refractivity (Wildman–Crippen MR) is 68.0 cm³/mol. The maximum Gasteiger partial charge on any atom is 0.0558 e. The van der Waals surface area contributed by atoms with Crippen LogP contribution in [0.4, 0.5) is 0 Å². The van der Waals surface area contributed by atoms with Crippen molar-refractivity contribution in [3.05, 3.63) is 0 Å². The van der Waals surface area contributed by atoms with Gasteiger partial charge in [-0.25, -0.2) is 0 Å². The van der Waals surface area contributed by atoms with E-state index in [9.17, 15) is 5.11 Å². The molecule has 0 aliphatic carbocycles. The van der Waals surface area contributed by atoms with Crippen LogP contribution in [0, 0.1) is 5.41 Å². The van der Waals surface area contributed by atoms with Crippen LogP contribution < -0.4 is 0 Å². The average molecular weight is 245 g/mol. The highest BCUT2D eigenvalue weighted by Gasteiger charge is 2.33. The van der Waals surface area contributed by atoms with Crippen molar-refractivity contribution in [2.75, 3.05) is 46.1 Å². The summed E-state index contributed by atoms with van der Waals surface area (Å²) in [5.74, 6) is 0. The van der Waals surface area contributed by atoms with Gasteiger partial charge in [0.15, 0.2) is 0 Å². The lowest BCUT2D eigenvalue weighted by atomic mass is 9.80. The molecule has 0 aromatic rings. The van der Waals surface area contributed by atoms with Gasteiger partial charge in [-0.3, -0.25) is 0 Å². The van der Waals surface area contributed by atoms with Gasteiger partial charge in [0.25, 0.3) is 0 Å². The maximum absolute atomic E-state index is 9.64. The third-order valence-corrected chi connectivity index (χ3v) is 3.69. The predicted octanol–water partition coefficient (Wildman–Crippen LogP) is 0.870. The van der Waals surface area contributed by atoms with Crippen molar-refractivity contribution < 1.29 is 14.9 Å². The minimum absolute atomic E-state index is 0.0127. The smallest absolute Gasteiger partial charge is 0.0558 e. The fourth-order valence-electron chi connectivity index (χ4n) is 2.44. The fraction of sp³-hybridized carbons (Fsp3) is 1.00. The summed E-state index contributed by atoms with van der Waals surface area (Å²) in [6.07, 6.45) is 4.17. The Kier molecular flexibility index (Phi) is 7.04. The Hall–Kier alpha value is -0.160. The second kappa shape index (κ2) is 8.03. The van der Waals surface area contributed by atoms with Crippen molar-refractivity contribution in [1.29, 1.82) is 0 Å². The molecule has 1 aliphatic heterocycles. The highest BCUT2D eigenvalue weighted by atomic mass is 16.5. The van der Waals surface area contributed by atoms with Gasteiger partial charge in [-0.05, 0) is 25.8 Å². The first-order valence-electron chi connectivity index (χ1n) is 6.78. The van der Waals surface area contributed by atoms with E-state index in [0.717, 1.165) is 52.0 Å². The van der Waals surface area contributed by atoms with Crippen LogP contribution in [-0.4, -0.2) is 61.2 Å². The van der Waals surface area contributed by atoms with E-state index in [4.69, 9.17) is 9.84 Å². The molecular weight excluding hydrogens is 218 g/mol. The number of nitrogens with zero attached hydrogens (tertiary/aromatic N) is 1. The van der Waals surface area contributed by atoms with Crippen LogP contribution in [0.5, 0.6) is 0 Å². The molecule has 0 aromatic heterocycles. The molecule has 0 atom stereocenters. The Labute approximate surface area is 105 Å².